The van der Waals surface area contributed by atoms with E-state index in [4.69, 9.17) is 4.74 Å². The first kappa shape index (κ1) is 15.0. The zero-order chi connectivity index (χ0) is 14.4. The van der Waals surface area contributed by atoms with Crippen LogP contribution in [0.5, 0.6) is 0 Å². The Morgan fingerprint density at radius 1 is 1.35 bits per heavy atom. The van der Waals surface area contributed by atoms with Gasteiger partial charge in [-0.25, -0.2) is 9.97 Å². The van der Waals surface area contributed by atoms with Gasteiger partial charge in [-0.3, -0.25) is 0 Å². The van der Waals surface area contributed by atoms with Gasteiger partial charge in [0, 0.05) is 18.7 Å². The Balaban J connectivity index is 2.29. The molecule has 1 atom stereocenters. The summed E-state index contributed by atoms with van der Waals surface area (Å²) in [5.41, 5.74) is 1.22. The minimum Gasteiger partial charge on any atom is -0.377 e. The molecule has 0 amide bonds. The standard InChI is InChI=1S/C15H26N4O/c1-4-7-16-14-13(6-3)15(18-11-17-14)19-8-9-20-10-12(19)5-2/h11-12H,4-10H2,1-3H3,(H,16,17,18). The smallest absolute Gasteiger partial charge is 0.137 e. The summed E-state index contributed by atoms with van der Waals surface area (Å²) in [5.74, 6) is 2.07. The topological polar surface area (TPSA) is 50.3 Å². The lowest BCUT2D eigenvalue weighted by atomic mass is 10.1. The van der Waals surface area contributed by atoms with Gasteiger partial charge in [0.2, 0.25) is 0 Å². The highest BCUT2D eigenvalue weighted by Gasteiger charge is 2.25. The van der Waals surface area contributed by atoms with E-state index in [-0.39, 0.29) is 0 Å². The van der Waals surface area contributed by atoms with Crippen LogP contribution in [0.2, 0.25) is 0 Å². The summed E-state index contributed by atoms with van der Waals surface area (Å²) in [6, 6.07) is 0.419. The molecule has 0 aromatic carbocycles. The first-order valence-corrected chi connectivity index (χ1v) is 7.73. The first-order valence-electron chi connectivity index (χ1n) is 7.73. The van der Waals surface area contributed by atoms with E-state index in [1.807, 2.05) is 0 Å². The molecule has 0 radical (unpaired) electrons. The van der Waals surface area contributed by atoms with E-state index in [9.17, 15) is 0 Å². The molecule has 1 N–H and O–H groups in total. The van der Waals surface area contributed by atoms with E-state index < -0.39 is 0 Å². The molecule has 0 aliphatic carbocycles. The highest BCUT2D eigenvalue weighted by atomic mass is 16.5. The molecule has 1 aromatic rings. The second kappa shape index (κ2) is 7.43. The molecule has 1 unspecified atom stereocenters. The number of hydrogen-bond donors (Lipinski definition) is 1. The highest BCUT2D eigenvalue weighted by Crippen LogP contribution is 2.27. The van der Waals surface area contributed by atoms with Crippen molar-refractivity contribution in [3.63, 3.8) is 0 Å². The van der Waals surface area contributed by atoms with Gasteiger partial charge in [0.15, 0.2) is 0 Å². The summed E-state index contributed by atoms with van der Waals surface area (Å²) in [5, 5.41) is 3.42. The average molecular weight is 278 g/mol. The van der Waals surface area contributed by atoms with E-state index in [0.717, 1.165) is 57.2 Å². The van der Waals surface area contributed by atoms with Crippen LogP contribution in [0.15, 0.2) is 6.33 Å². The molecule has 1 aliphatic rings. The van der Waals surface area contributed by atoms with Gasteiger partial charge < -0.3 is 15.0 Å². The maximum atomic E-state index is 5.59. The zero-order valence-electron chi connectivity index (χ0n) is 12.9. The lowest BCUT2D eigenvalue weighted by Gasteiger charge is -2.37. The van der Waals surface area contributed by atoms with Crippen molar-refractivity contribution in [1.82, 2.24) is 9.97 Å². The Bertz CT molecular complexity index is 424. The molecular weight excluding hydrogens is 252 g/mol. The Hall–Kier alpha value is -1.36. The number of nitrogens with zero attached hydrogens (tertiary/aromatic N) is 3. The van der Waals surface area contributed by atoms with Gasteiger partial charge in [0.1, 0.15) is 18.0 Å². The fraction of sp³-hybridized carbons (Fsp3) is 0.733. The van der Waals surface area contributed by atoms with Crippen LogP contribution in [0.1, 0.15) is 39.2 Å². The van der Waals surface area contributed by atoms with E-state index in [1.54, 1.807) is 6.33 Å². The Morgan fingerprint density at radius 2 is 2.20 bits per heavy atom. The average Bonchev–Trinajstić information content (AvgIpc) is 2.52. The molecule has 2 heterocycles. The first-order chi connectivity index (χ1) is 9.81. The Morgan fingerprint density at radius 3 is 2.90 bits per heavy atom. The summed E-state index contributed by atoms with van der Waals surface area (Å²) in [4.78, 5) is 11.4. The van der Waals surface area contributed by atoms with E-state index >= 15 is 0 Å². The number of morpholine rings is 1. The molecule has 2 rings (SSSR count). The molecule has 0 spiro atoms. The van der Waals surface area contributed by atoms with Crippen LogP contribution in [0.4, 0.5) is 11.6 Å². The molecule has 0 bridgehead atoms. The third-order valence-electron chi connectivity index (χ3n) is 3.79. The van der Waals surface area contributed by atoms with Gasteiger partial charge in [-0.1, -0.05) is 20.8 Å². The van der Waals surface area contributed by atoms with Crippen molar-refractivity contribution in [1.29, 1.82) is 0 Å². The lowest BCUT2D eigenvalue weighted by Crippen LogP contribution is -2.46. The van der Waals surface area contributed by atoms with Crippen LogP contribution in [-0.2, 0) is 11.2 Å². The fourth-order valence-corrected chi connectivity index (χ4v) is 2.64. The molecule has 1 saturated heterocycles. The number of nitrogens with one attached hydrogen (secondary N) is 1. The number of anilines is 2. The third-order valence-corrected chi connectivity index (χ3v) is 3.79. The summed E-state index contributed by atoms with van der Waals surface area (Å²) < 4.78 is 5.59. The van der Waals surface area contributed by atoms with Crippen molar-refractivity contribution < 1.29 is 4.74 Å². The van der Waals surface area contributed by atoms with Gasteiger partial charge in [-0.15, -0.1) is 0 Å². The molecule has 112 valence electrons. The van der Waals surface area contributed by atoms with Crippen molar-refractivity contribution in [2.24, 2.45) is 0 Å². The third kappa shape index (κ3) is 3.20. The molecule has 1 fully saturated rings. The molecular formula is C15H26N4O. The van der Waals surface area contributed by atoms with Crippen molar-refractivity contribution in [2.45, 2.75) is 46.1 Å². The van der Waals surface area contributed by atoms with E-state index in [0.29, 0.717) is 6.04 Å². The number of aromatic nitrogens is 2. The number of rotatable bonds is 6. The summed E-state index contributed by atoms with van der Waals surface area (Å²) in [6.45, 7) is 9.97. The van der Waals surface area contributed by atoms with Crippen LogP contribution < -0.4 is 10.2 Å². The monoisotopic (exact) mass is 278 g/mol. The highest BCUT2D eigenvalue weighted by molar-refractivity contribution is 5.59. The molecule has 1 aliphatic heterocycles. The summed E-state index contributed by atoms with van der Waals surface area (Å²) in [6.07, 6.45) is 4.78. The van der Waals surface area contributed by atoms with Crippen LogP contribution in [0.25, 0.3) is 0 Å². The molecule has 20 heavy (non-hydrogen) atoms. The maximum Gasteiger partial charge on any atom is 0.137 e. The lowest BCUT2D eigenvalue weighted by molar-refractivity contribution is 0.0924. The van der Waals surface area contributed by atoms with Gasteiger partial charge in [0.25, 0.3) is 0 Å². The van der Waals surface area contributed by atoms with Crippen molar-refractivity contribution >= 4 is 11.6 Å². The van der Waals surface area contributed by atoms with Crippen LogP contribution in [-0.4, -0.2) is 42.3 Å². The second-order valence-corrected chi connectivity index (χ2v) is 5.14. The molecule has 1 aromatic heterocycles. The SMILES string of the molecule is CCCNc1ncnc(N2CCOCC2CC)c1CC. The van der Waals surface area contributed by atoms with Crippen LogP contribution in [0, 0.1) is 0 Å². The Labute approximate surface area is 121 Å². The zero-order valence-corrected chi connectivity index (χ0v) is 12.9. The predicted octanol–water partition coefficient (Wildman–Crippen LogP) is 2.48. The predicted molar refractivity (Wildman–Crippen MR) is 82.4 cm³/mol. The van der Waals surface area contributed by atoms with Crippen LogP contribution in [0.3, 0.4) is 0 Å². The summed E-state index contributed by atoms with van der Waals surface area (Å²) >= 11 is 0. The van der Waals surface area contributed by atoms with Crippen molar-refractivity contribution in [3.8, 4) is 0 Å². The molecule has 0 saturated carbocycles. The normalized spacial score (nSPS) is 19.1. The van der Waals surface area contributed by atoms with Gasteiger partial charge in [0.05, 0.1) is 19.3 Å². The van der Waals surface area contributed by atoms with Crippen LogP contribution >= 0.6 is 0 Å². The minimum absolute atomic E-state index is 0.419. The summed E-state index contributed by atoms with van der Waals surface area (Å²) in [7, 11) is 0. The second-order valence-electron chi connectivity index (χ2n) is 5.14. The number of hydrogen-bond acceptors (Lipinski definition) is 5. The minimum atomic E-state index is 0.419. The number of ether oxygens (including phenoxy) is 1. The fourth-order valence-electron chi connectivity index (χ4n) is 2.64. The molecule has 5 nitrogen and oxygen atoms in total. The van der Waals surface area contributed by atoms with Crippen molar-refractivity contribution in [2.75, 3.05) is 36.5 Å². The largest absolute Gasteiger partial charge is 0.377 e. The molecule has 5 heteroatoms. The van der Waals surface area contributed by atoms with Gasteiger partial charge in [-0.05, 0) is 19.3 Å². The Kier molecular flexibility index (Phi) is 5.59. The van der Waals surface area contributed by atoms with Crippen molar-refractivity contribution in [3.05, 3.63) is 11.9 Å². The quantitative estimate of drug-likeness (QED) is 0.866. The van der Waals surface area contributed by atoms with E-state index in [1.165, 1.54) is 5.56 Å². The van der Waals surface area contributed by atoms with E-state index in [2.05, 4.69) is 41.0 Å². The van der Waals surface area contributed by atoms with Gasteiger partial charge >= 0.3 is 0 Å². The van der Waals surface area contributed by atoms with Gasteiger partial charge in [-0.2, -0.15) is 0 Å². The maximum absolute atomic E-state index is 5.59.